The van der Waals surface area contributed by atoms with E-state index < -0.39 is 11.6 Å². The minimum Gasteiger partial charge on any atom is -0.469 e. The summed E-state index contributed by atoms with van der Waals surface area (Å²) < 4.78 is 10.7. The van der Waals surface area contributed by atoms with Gasteiger partial charge in [0.25, 0.3) is 0 Å². The van der Waals surface area contributed by atoms with E-state index in [2.05, 4.69) is 19.0 Å². The SMILES string of the molecule is CC1(C)C/C(=N\OC(=O)c2cc3ccccc3oc2=O)c2ccoc2C1. The smallest absolute Gasteiger partial charge is 0.373 e. The van der Waals surface area contributed by atoms with Gasteiger partial charge in [0.05, 0.1) is 12.0 Å². The Bertz CT molecular complexity index is 1090. The highest BCUT2D eigenvalue weighted by Gasteiger charge is 2.32. The van der Waals surface area contributed by atoms with Crippen LogP contribution < -0.4 is 5.63 Å². The van der Waals surface area contributed by atoms with E-state index in [0.29, 0.717) is 23.1 Å². The van der Waals surface area contributed by atoms with E-state index in [9.17, 15) is 9.59 Å². The molecule has 1 aliphatic rings. The molecule has 6 nitrogen and oxygen atoms in total. The Morgan fingerprint density at radius 3 is 2.85 bits per heavy atom. The maximum absolute atomic E-state index is 12.4. The molecule has 0 saturated carbocycles. The third-order valence-electron chi connectivity index (χ3n) is 4.44. The molecular weight excluding hydrogens is 334 g/mol. The zero-order valence-corrected chi connectivity index (χ0v) is 14.4. The van der Waals surface area contributed by atoms with Crippen molar-refractivity contribution in [2.24, 2.45) is 10.6 Å². The first-order valence-electron chi connectivity index (χ1n) is 8.31. The Hall–Kier alpha value is -3.15. The van der Waals surface area contributed by atoms with Crippen LogP contribution in [0.5, 0.6) is 0 Å². The van der Waals surface area contributed by atoms with Gasteiger partial charge in [0.15, 0.2) is 0 Å². The number of benzene rings is 1. The minimum atomic E-state index is -0.842. The van der Waals surface area contributed by atoms with Crippen molar-refractivity contribution in [3.8, 4) is 0 Å². The molecule has 1 aromatic carbocycles. The third-order valence-corrected chi connectivity index (χ3v) is 4.44. The number of furan rings is 1. The van der Waals surface area contributed by atoms with Gasteiger partial charge in [-0.2, -0.15) is 0 Å². The van der Waals surface area contributed by atoms with Gasteiger partial charge in [-0.05, 0) is 30.0 Å². The molecule has 6 heteroatoms. The fourth-order valence-corrected chi connectivity index (χ4v) is 3.21. The highest BCUT2D eigenvalue weighted by atomic mass is 16.7. The molecule has 0 aliphatic heterocycles. The lowest BCUT2D eigenvalue weighted by Gasteiger charge is -2.28. The third kappa shape index (κ3) is 2.94. The molecule has 3 aromatic rings. The zero-order valence-electron chi connectivity index (χ0n) is 14.4. The van der Waals surface area contributed by atoms with Crippen LogP contribution in [0.2, 0.25) is 0 Å². The molecule has 0 unspecified atom stereocenters. The summed E-state index contributed by atoms with van der Waals surface area (Å²) in [4.78, 5) is 29.5. The van der Waals surface area contributed by atoms with Gasteiger partial charge < -0.3 is 13.7 Å². The minimum absolute atomic E-state index is 0.0575. The molecule has 0 amide bonds. The van der Waals surface area contributed by atoms with Gasteiger partial charge in [-0.1, -0.05) is 37.2 Å². The molecule has 0 bridgehead atoms. The Labute approximate surface area is 149 Å². The van der Waals surface area contributed by atoms with Crippen LogP contribution in [0.1, 0.15) is 41.9 Å². The van der Waals surface area contributed by atoms with Crippen molar-refractivity contribution in [3.05, 3.63) is 70.0 Å². The Balaban J connectivity index is 1.64. The summed E-state index contributed by atoms with van der Waals surface area (Å²) in [5.74, 6) is -0.0216. The van der Waals surface area contributed by atoms with Crippen LogP contribution in [0.25, 0.3) is 11.0 Å². The highest BCUT2D eigenvalue weighted by molar-refractivity contribution is 6.03. The lowest BCUT2D eigenvalue weighted by atomic mass is 9.76. The van der Waals surface area contributed by atoms with Crippen molar-refractivity contribution in [1.82, 2.24) is 0 Å². The van der Waals surface area contributed by atoms with Crippen molar-refractivity contribution >= 4 is 22.7 Å². The molecule has 0 saturated heterocycles. The number of rotatable bonds is 2. The van der Waals surface area contributed by atoms with Crippen LogP contribution in [0.4, 0.5) is 0 Å². The number of oxime groups is 1. The van der Waals surface area contributed by atoms with Gasteiger partial charge >= 0.3 is 11.6 Å². The molecule has 2 aromatic heterocycles. The van der Waals surface area contributed by atoms with Crippen LogP contribution in [0.3, 0.4) is 0 Å². The number of carbonyl (C=O) groups excluding carboxylic acids is 1. The van der Waals surface area contributed by atoms with E-state index in [0.717, 1.165) is 17.7 Å². The summed E-state index contributed by atoms with van der Waals surface area (Å²) in [6.07, 6.45) is 3.02. The van der Waals surface area contributed by atoms with E-state index in [1.54, 1.807) is 30.5 Å². The summed E-state index contributed by atoms with van der Waals surface area (Å²) in [5.41, 5.74) is 0.888. The van der Waals surface area contributed by atoms with Gasteiger partial charge in [-0.25, -0.2) is 9.59 Å². The maximum atomic E-state index is 12.4. The normalized spacial score (nSPS) is 17.2. The average Bonchev–Trinajstić information content (AvgIpc) is 3.05. The first-order chi connectivity index (χ1) is 12.4. The van der Waals surface area contributed by atoms with Crippen molar-refractivity contribution in [3.63, 3.8) is 0 Å². The van der Waals surface area contributed by atoms with E-state index >= 15 is 0 Å². The van der Waals surface area contributed by atoms with E-state index in [4.69, 9.17) is 13.7 Å². The number of carbonyl (C=O) groups is 1. The summed E-state index contributed by atoms with van der Waals surface area (Å²) in [6, 6.07) is 10.2. The van der Waals surface area contributed by atoms with Gasteiger partial charge in [0.2, 0.25) is 0 Å². The predicted octanol–water partition coefficient (Wildman–Crippen LogP) is 3.92. The van der Waals surface area contributed by atoms with Crippen molar-refractivity contribution < 1.29 is 18.5 Å². The summed E-state index contributed by atoms with van der Waals surface area (Å²) in [6.45, 7) is 4.18. The first kappa shape index (κ1) is 16.3. The van der Waals surface area contributed by atoms with E-state index in [1.807, 2.05) is 6.07 Å². The molecular formula is C20H17NO5. The van der Waals surface area contributed by atoms with Crippen molar-refractivity contribution in [2.45, 2.75) is 26.7 Å². The van der Waals surface area contributed by atoms with Gasteiger partial charge in [0.1, 0.15) is 16.9 Å². The molecule has 26 heavy (non-hydrogen) atoms. The fraction of sp³-hybridized carbons (Fsp3) is 0.250. The Kier molecular flexibility index (Phi) is 3.76. The van der Waals surface area contributed by atoms with Crippen LogP contribution in [0.15, 0.2) is 61.4 Å². The van der Waals surface area contributed by atoms with Crippen LogP contribution in [0, 0.1) is 5.41 Å². The number of hydrogen-bond donors (Lipinski definition) is 0. The molecule has 0 fully saturated rings. The molecule has 132 valence electrons. The molecule has 0 radical (unpaired) electrons. The highest BCUT2D eigenvalue weighted by Crippen LogP contribution is 2.35. The first-order valence-corrected chi connectivity index (χ1v) is 8.31. The quantitative estimate of drug-likeness (QED) is 0.397. The van der Waals surface area contributed by atoms with E-state index in [1.165, 1.54) is 6.07 Å². The molecule has 2 heterocycles. The fourth-order valence-electron chi connectivity index (χ4n) is 3.21. The number of hydrogen-bond acceptors (Lipinski definition) is 6. The molecule has 0 N–H and O–H groups in total. The van der Waals surface area contributed by atoms with Gasteiger partial charge in [-0.3, -0.25) is 0 Å². The number of nitrogens with zero attached hydrogens (tertiary/aromatic N) is 1. The lowest BCUT2D eigenvalue weighted by Crippen LogP contribution is -2.27. The summed E-state index contributed by atoms with van der Waals surface area (Å²) >= 11 is 0. The summed E-state index contributed by atoms with van der Waals surface area (Å²) in [7, 11) is 0. The molecule has 0 atom stereocenters. The summed E-state index contributed by atoms with van der Waals surface area (Å²) in [5, 5.41) is 4.66. The monoisotopic (exact) mass is 351 g/mol. The number of para-hydroxylation sites is 1. The van der Waals surface area contributed by atoms with Gasteiger partial charge in [0, 0.05) is 17.4 Å². The molecule has 4 rings (SSSR count). The Morgan fingerprint density at radius 1 is 1.19 bits per heavy atom. The maximum Gasteiger partial charge on any atom is 0.373 e. The van der Waals surface area contributed by atoms with Crippen molar-refractivity contribution in [2.75, 3.05) is 0 Å². The van der Waals surface area contributed by atoms with Crippen LogP contribution in [-0.4, -0.2) is 11.7 Å². The topological polar surface area (TPSA) is 82.0 Å². The lowest BCUT2D eigenvalue weighted by molar-refractivity contribution is 0.0509. The van der Waals surface area contributed by atoms with Crippen molar-refractivity contribution in [1.29, 1.82) is 0 Å². The largest absolute Gasteiger partial charge is 0.469 e. The van der Waals surface area contributed by atoms with E-state index in [-0.39, 0.29) is 11.0 Å². The zero-order chi connectivity index (χ0) is 18.3. The Morgan fingerprint density at radius 2 is 2.00 bits per heavy atom. The second-order valence-electron chi connectivity index (χ2n) is 7.18. The van der Waals surface area contributed by atoms with Gasteiger partial charge in [-0.15, -0.1) is 0 Å². The molecule has 0 spiro atoms. The number of fused-ring (bicyclic) bond motifs is 2. The standard InChI is InChI=1S/C20H17NO5/c1-20(2)10-15(13-7-8-24-17(13)11-20)21-26-19(23)14-9-12-5-3-4-6-16(12)25-18(14)22/h3-9H,10-11H2,1-2H3/b21-15+. The second-order valence-corrected chi connectivity index (χ2v) is 7.18. The second kappa shape index (κ2) is 5.98. The predicted molar refractivity (Wildman–Crippen MR) is 95.2 cm³/mol. The average molecular weight is 351 g/mol. The van der Waals surface area contributed by atoms with Crippen LogP contribution >= 0.6 is 0 Å². The van der Waals surface area contributed by atoms with Crippen LogP contribution in [-0.2, 0) is 11.3 Å². The molecule has 1 aliphatic carbocycles.